The quantitative estimate of drug-likeness (QED) is 0.329. The number of piperidine rings is 1. The number of hydrogen-bond acceptors (Lipinski definition) is 5. The minimum Gasteiger partial charge on any atom is -0.497 e. The topological polar surface area (TPSA) is 80.6 Å². The summed E-state index contributed by atoms with van der Waals surface area (Å²) in [5.74, 6) is 1.33. The molecule has 8 nitrogen and oxygen atoms in total. The summed E-state index contributed by atoms with van der Waals surface area (Å²) in [5.41, 5.74) is 4.44. The SMILES string of the molecule is COc1ccc(CN2C(=O)c3cccc4c(Cn5cc(C6CCN(C(=O)C(C)(C)C)CC6)nn5)ccc2c34)cc1. The number of carbonyl (C=O) groups excluding carboxylic acids is 2. The molecule has 2 amide bonds. The highest BCUT2D eigenvalue weighted by Crippen LogP contribution is 2.40. The zero-order valence-electron chi connectivity index (χ0n) is 23.6. The molecule has 1 saturated heterocycles. The molecular formula is C32H35N5O3. The lowest BCUT2D eigenvalue weighted by Gasteiger charge is -2.35. The van der Waals surface area contributed by atoms with Gasteiger partial charge in [-0.1, -0.05) is 56.3 Å². The molecule has 0 radical (unpaired) electrons. The molecule has 2 aliphatic rings. The van der Waals surface area contributed by atoms with Crippen LogP contribution in [0.25, 0.3) is 10.8 Å². The molecule has 0 unspecified atom stereocenters. The lowest BCUT2D eigenvalue weighted by atomic mass is 9.90. The van der Waals surface area contributed by atoms with Crippen molar-refractivity contribution in [2.75, 3.05) is 25.1 Å². The molecule has 2 aliphatic heterocycles. The maximum absolute atomic E-state index is 13.4. The smallest absolute Gasteiger partial charge is 0.259 e. The minimum absolute atomic E-state index is 0.0212. The van der Waals surface area contributed by atoms with E-state index in [4.69, 9.17) is 4.74 Å². The lowest BCUT2D eigenvalue weighted by molar-refractivity contribution is -0.140. The van der Waals surface area contributed by atoms with Crippen molar-refractivity contribution in [1.29, 1.82) is 0 Å². The van der Waals surface area contributed by atoms with E-state index in [0.29, 0.717) is 19.0 Å². The van der Waals surface area contributed by atoms with E-state index in [-0.39, 0.29) is 17.2 Å². The summed E-state index contributed by atoms with van der Waals surface area (Å²) in [6.07, 6.45) is 3.83. The van der Waals surface area contributed by atoms with Crippen molar-refractivity contribution in [1.82, 2.24) is 19.9 Å². The molecule has 40 heavy (non-hydrogen) atoms. The number of methoxy groups -OCH3 is 1. The summed E-state index contributed by atoms with van der Waals surface area (Å²) in [5, 5.41) is 11.0. The highest BCUT2D eigenvalue weighted by molar-refractivity contribution is 6.25. The summed E-state index contributed by atoms with van der Waals surface area (Å²) in [7, 11) is 1.65. The van der Waals surface area contributed by atoms with Crippen LogP contribution >= 0.6 is 0 Å². The molecule has 0 aliphatic carbocycles. The molecule has 1 aromatic heterocycles. The number of benzene rings is 3. The Morgan fingerprint density at radius 2 is 1.75 bits per heavy atom. The van der Waals surface area contributed by atoms with Gasteiger partial charge < -0.3 is 14.5 Å². The monoisotopic (exact) mass is 537 g/mol. The molecule has 0 bridgehead atoms. The first-order valence-electron chi connectivity index (χ1n) is 13.9. The van der Waals surface area contributed by atoms with Gasteiger partial charge in [-0.25, -0.2) is 4.68 Å². The third-order valence-electron chi connectivity index (χ3n) is 8.11. The van der Waals surface area contributed by atoms with Crippen LogP contribution in [0.3, 0.4) is 0 Å². The third kappa shape index (κ3) is 4.72. The number of nitrogens with zero attached hydrogens (tertiary/aromatic N) is 5. The van der Waals surface area contributed by atoms with E-state index in [9.17, 15) is 9.59 Å². The van der Waals surface area contributed by atoms with Gasteiger partial charge >= 0.3 is 0 Å². The maximum Gasteiger partial charge on any atom is 0.259 e. The van der Waals surface area contributed by atoms with Crippen molar-refractivity contribution in [3.05, 3.63) is 83.2 Å². The highest BCUT2D eigenvalue weighted by atomic mass is 16.5. The van der Waals surface area contributed by atoms with Crippen molar-refractivity contribution >= 4 is 28.3 Å². The third-order valence-corrected chi connectivity index (χ3v) is 8.11. The number of ether oxygens (including phenoxy) is 1. The first-order valence-corrected chi connectivity index (χ1v) is 13.9. The molecule has 0 N–H and O–H groups in total. The van der Waals surface area contributed by atoms with E-state index in [0.717, 1.165) is 70.5 Å². The predicted molar refractivity (Wildman–Crippen MR) is 155 cm³/mol. The average molecular weight is 538 g/mol. The Balaban J connectivity index is 1.20. The van der Waals surface area contributed by atoms with Crippen molar-refractivity contribution in [3.8, 4) is 5.75 Å². The van der Waals surface area contributed by atoms with Crippen LogP contribution in [0.1, 0.15) is 66.7 Å². The largest absolute Gasteiger partial charge is 0.497 e. The van der Waals surface area contributed by atoms with Crippen LogP contribution in [-0.4, -0.2) is 51.9 Å². The fourth-order valence-electron chi connectivity index (χ4n) is 5.92. The van der Waals surface area contributed by atoms with Gasteiger partial charge in [-0.2, -0.15) is 0 Å². The summed E-state index contributed by atoms with van der Waals surface area (Å²) in [4.78, 5) is 29.9. The van der Waals surface area contributed by atoms with Crippen LogP contribution < -0.4 is 9.64 Å². The van der Waals surface area contributed by atoms with Gasteiger partial charge in [0, 0.05) is 41.6 Å². The number of hydrogen-bond donors (Lipinski definition) is 0. The second-order valence-corrected chi connectivity index (χ2v) is 11.9. The molecule has 0 atom stereocenters. The molecule has 0 saturated carbocycles. The van der Waals surface area contributed by atoms with Crippen LogP contribution in [0.4, 0.5) is 5.69 Å². The van der Waals surface area contributed by atoms with Crippen LogP contribution in [0.2, 0.25) is 0 Å². The Morgan fingerprint density at radius 3 is 2.45 bits per heavy atom. The van der Waals surface area contributed by atoms with Gasteiger partial charge in [0.1, 0.15) is 5.75 Å². The van der Waals surface area contributed by atoms with E-state index < -0.39 is 0 Å². The number of likely N-dealkylation sites (tertiary alicyclic amines) is 1. The van der Waals surface area contributed by atoms with Crippen LogP contribution in [0.5, 0.6) is 5.75 Å². The standard InChI is InChI=1S/C32H35N5O3/c1-32(2,3)31(39)35-16-14-22(15-17-35)27-20-36(34-33-27)19-23-10-13-28-29-25(23)6-5-7-26(29)30(38)37(28)18-21-8-11-24(40-4)12-9-21/h5-13,20,22H,14-19H2,1-4H3. The van der Waals surface area contributed by atoms with Crippen LogP contribution in [0.15, 0.2) is 60.8 Å². The first kappa shape index (κ1) is 26.0. The van der Waals surface area contributed by atoms with Crippen molar-refractivity contribution in [3.63, 3.8) is 0 Å². The predicted octanol–water partition coefficient (Wildman–Crippen LogP) is 5.40. The summed E-state index contributed by atoms with van der Waals surface area (Å²) in [6.45, 7) is 8.50. The van der Waals surface area contributed by atoms with E-state index >= 15 is 0 Å². The molecule has 1 fully saturated rings. The Kier molecular flexibility index (Phi) is 6.56. The maximum atomic E-state index is 13.4. The molecule has 206 valence electrons. The zero-order valence-corrected chi connectivity index (χ0v) is 23.6. The normalized spacial score (nSPS) is 15.8. The Morgan fingerprint density at radius 1 is 1.00 bits per heavy atom. The van der Waals surface area contributed by atoms with Gasteiger partial charge in [-0.3, -0.25) is 9.59 Å². The number of rotatable bonds is 6. The highest BCUT2D eigenvalue weighted by Gasteiger charge is 2.32. The van der Waals surface area contributed by atoms with E-state index in [2.05, 4.69) is 28.5 Å². The first-order chi connectivity index (χ1) is 19.2. The van der Waals surface area contributed by atoms with Crippen molar-refractivity contribution in [2.45, 2.75) is 52.6 Å². The zero-order chi connectivity index (χ0) is 28.0. The molecule has 0 spiro atoms. The Labute approximate surface area is 234 Å². The van der Waals surface area contributed by atoms with E-state index in [1.807, 2.05) is 77.8 Å². The van der Waals surface area contributed by atoms with Crippen molar-refractivity contribution in [2.24, 2.45) is 5.41 Å². The minimum atomic E-state index is -0.354. The number of anilines is 1. The van der Waals surface area contributed by atoms with Gasteiger partial charge in [-0.05, 0) is 53.6 Å². The van der Waals surface area contributed by atoms with Gasteiger partial charge in [-0.15, -0.1) is 5.10 Å². The van der Waals surface area contributed by atoms with Gasteiger partial charge in [0.05, 0.1) is 31.6 Å². The number of carbonyl (C=O) groups is 2. The molecule has 3 aromatic carbocycles. The molecular weight excluding hydrogens is 502 g/mol. The summed E-state index contributed by atoms with van der Waals surface area (Å²) < 4.78 is 7.16. The average Bonchev–Trinajstić information content (AvgIpc) is 3.53. The van der Waals surface area contributed by atoms with Crippen LogP contribution in [-0.2, 0) is 17.9 Å². The fourth-order valence-corrected chi connectivity index (χ4v) is 5.92. The molecule has 6 rings (SSSR count). The second-order valence-electron chi connectivity index (χ2n) is 11.9. The lowest BCUT2D eigenvalue weighted by Crippen LogP contribution is -2.43. The van der Waals surface area contributed by atoms with Crippen molar-refractivity contribution < 1.29 is 14.3 Å². The molecule has 3 heterocycles. The fraction of sp³-hybridized carbons (Fsp3) is 0.375. The van der Waals surface area contributed by atoms with Gasteiger partial charge in [0.25, 0.3) is 5.91 Å². The van der Waals surface area contributed by atoms with Gasteiger partial charge in [0.15, 0.2) is 0 Å². The molecule has 4 aromatic rings. The second kappa shape index (κ2) is 10.1. The van der Waals surface area contributed by atoms with Gasteiger partial charge in [0.2, 0.25) is 5.91 Å². The summed E-state index contributed by atoms with van der Waals surface area (Å²) >= 11 is 0. The molecule has 8 heteroatoms. The number of amides is 2. The van der Waals surface area contributed by atoms with Crippen LogP contribution in [0, 0.1) is 5.41 Å². The van der Waals surface area contributed by atoms with E-state index in [1.54, 1.807) is 7.11 Å². The summed E-state index contributed by atoms with van der Waals surface area (Å²) in [6, 6.07) is 17.9. The number of aromatic nitrogens is 3. The van der Waals surface area contributed by atoms with E-state index in [1.165, 1.54) is 0 Å². The Bertz CT molecular complexity index is 1580. The Hall–Kier alpha value is -4.20.